The maximum absolute atomic E-state index is 13.0. The molecule has 2 N–H and O–H groups in total. The molecule has 1 nitrogen and oxygen atoms in total. The Balaban J connectivity index is 3.07. The van der Waals surface area contributed by atoms with Gasteiger partial charge in [-0.1, -0.05) is 6.07 Å². The first-order chi connectivity index (χ1) is 8.04. The van der Waals surface area contributed by atoms with Crippen LogP contribution >= 0.6 is 0 Å². The summed E-state index contributed by atoms with van der Waals surface area (Å²) in [6, 6.07) is 2.11. The number of alkyl halides is 5. The van der Waals surface area contributed by atoms with Crippen LogP contribution in [0.1, 0.15) is 18.1 Å². The molecule has 0 spiro atoms. The molecule has 1 atom stereocenters. The van der Waals surface area contributed by atoms with Crippen LogP contribution in [0.4, 0.5) is 26.3 Å². The summed E-state index contributed by atoms with van der Waals surface area (Å²) < 4.78 is 75.1. The first-order valence-corrected chi connectivity index (χ1v) is 4.96. The summed E-state index contributed by atoms with van der Waals surface area (Å²) in [6.07, 6.45) is -8.24. The first kappa shape index (κ1) is 14.8. The van der Waals surface area contributed by atoms with Crippen molar-refractivity contribution in [3.63, 3.8) is 0 Å². The predicted octanol–water partition coefficient (Wildman–Crippen LogP) is 3.37. The van der Waals surface area contributed by atoms with Gasteiger partial charge in [0, 0.05) is 0 Å². The van der Waals surface area contributed by atoms with E-state index < -0.39 is 35.9 Å². The number of rotatable bonds is 3. The van der Waals surface area contributed by atoms with Crippen molar-refractivity contribution in [3.05, 3.63) is 35.1 Å². The average Bonchev–Trinajstić information content (AvgIpc) is 2.18. The summed E-state index contributed by atoms with van der Waals surface area (Å²) in [6.45, 7) is 1.02. The van der Waals surface area contributed by atoms with Crippen LogP contribution in [0.25, 0.3) is 0 Å². The van der Waals surface area contributed by atoms with Crippen molar-refractivity contribution >= 4 is 0 Å². The van der Waals surface area contributed by atoms with Crippen molar-refractivity contribution in [2.24, 2.45) is 5.73 Å². The van der Waals surface area contributed by atoms with E-state index in [0.29, 0.717) is 12.1 Å². The van der Waals surface area contributed by atoms with Gasteiger partial charge in [0.1, 0.15) is 5.82 Å². The minimum absolute atomic E-state index is 0.0889. The zero-order valence-corrected chi connectivity index (χ0v) is 9.36. The maximum Gasteiger partial charge on any atom is 0.419 e. The van der Waals surface area contributed by atoms with Gasteiger partial charge in [0.15, 0.2) is 0 Å². The second kappa shape index (κ2) is 4.79. The highest BCUT2D eigenvalue weighted by Gasteiger charge is 2.35. The molecule has 7 heteroatoms. The smallest absolute Gasteiger partial charge is 0.320 e. The molecule has 0 amide bonds. The fourth-order valence-electron chi connectivity index (χ4n) is 1.42. The Morgan fingerprint density at radius 2 is 1.78 bits per heavy atom. The number of benzene rings is 1. The second-order valence-electron chi connectivity index (χ2n) is 4.30. The van der Waals surface area contributed by atoms with Crippen LogP contribution in [0, 0.1) is 5.82 Å². The van der Waals surface area contributed by atoms with Gasteiger partial charge in [0.05, 0.1) is 11.1 Å². The summed E-state index contributed by atoms with van der Waals surface area (Å²) in [7, 11) is 0. The first-order valence-electron chi connectivity index (χ1n) is 4.96. The van der Waals surface area contributed by atoms with Gasteiger partial charge < -0.3 is 5.73 Å². The molecule has 0 fully saturated rings. The SMILES string of the molecule is CC(N)(Cc1ccc(F)c(C(F)(F)F)c1)C(F)F. The zero-order valence-electron chi connectivity index (χ0n) is 9.36. The Labute approximate surface area is 99.6 Å². The van der Waals surface area contributed by atoms with Crippen molar-refractivity contribution in [2.45, 2.75) is 31.5 Å². The molecule has 0 aliphatic heterocycles. The van der Waals surface area contributed by atoms with Crippen molar-refractivity contribution in [3.8, 4) is 0 Å². The predicted molar refractivity (Wildman–Crippen MR) is 53.7 cm³/mol. The zero-order chi connectivity index (χ0) is 14.1. The molecule has 1 aromatic rings. The van der Waals surface area contributed by atoms with E-state index in [1.54, 1.807) is 0 Å². The third kappa shape index (κ3) is 3.38. The Morgan fingerprint density at radius 3 is 2.22 bits per heavy atom. The van der Waals surface area contributed by atoms with E-state index >= 15 is 0 Å². The van der Waals surface area contributed by atoms with Gasteiger partial charge in [-0.3, -0.25) is 0 Å². The standard InChI is InChI=1S/C11H11F6N/c1-10(18,9(13)14)5-6-2-3-8(12)7(4-6)11(15,16)17/h2-4,9H,5,18H2,1H3. The topological polar surface area (TPSA) is 26.0 Å². The highest BCUT2D eigenvalue weighted by Crippen LogP contribution is 2.32. The lowest BCUT2D eigenvalue weighted by atomic mass is 9.93. The molecule has 0 radical (unpaired) electrons. The van der Waals surface area contributed by atoms with Crippen LogP contribution in [0.15, 0.2) is 18.2 Å². The van der Waals surface area contributed by atoms with Crippen LogP contribution in [0.2, 0.25) is 0 Å². The highest BCUT2D eigenvalue weighted by atomic mass is 19.4. The molecule has 0 saturated heterocycles. The monoisotopic (exact) mass is 271 g/mol. The summed E-state index contributed by atoms with van der Waals surface area (Å²) in [5.74, 6) is -1.44. The molecule has 0 heterocycles. The normalized spacial score (nSPS) is 15.8. The van der Waals surface area contributed by atoms with Gasteiger partial charge in [-0.15, -0.1) is 0 Å². The van der Waals surface area contributed by atoms with E-state index in [1.165, 1.54) is 0 Å². The quantitative estimate of drug-likeness (QED) is 0.838. The fraction of sp³-hybridized carbons (Fsp3) is 0.455. The number of hydrogen-bond donors (Lipinski definition) is 1. The average molecular weight is 271 g/mol. The van der Waals surface area contributed by atoms with Crippen molar-refractivity contribution < 1.29 is 26.3 Å². The number of halogens is 6. The van der Waals surface area contributed by atoms with Crippen molar-refractivity contribution in [1.29, 1.82) is 0 Å². The van der Waals surface area contributed by atoms with E-state index in [4.69, 9.17) is 5.73 Å². The highest BCUT2D eigenvalue weighted by molar-refractivity contribution is 5.28. The van der Waals surface area contributed by atoms with Gasteiger partial charge in [-0.25, -0.2) is 13.2 Å². The Bertz CT molecular complexity index is 424. The molecule has 0 aliphatic carbocycles. The number of hydrogen-bond acceptors (Lipinski definition) is 1. The Morgan fingerprint density at radius 1 is 1.22 bits per heavy atom. The summed E-state index contributed by atoms with van der Waals surface area (Å²) in [5, 5.41) is 0. The molecular weight excluding hydrogens is 260 g/mol. The minimum atomic E-state index is -4.87. The van der Waals surface area contributed by atoms with Crippen LogP contribution in [-0.4, -0.2) is 12.0 Å². The molecule has 18 heavy (non-hydrogen) atoms. The van der Waals surface area contributed by atoms with Gasteiger partial charge in [-0.2, -0.15) is 13.2 Å². The Hall–Kier alpha value is -1.24. The third-order valence-electron chi connectivity index (χ3n) is 2.42. The molecule has 1 unspecified atom stereocenters. The lowest BCUT2D eigenvalue weighted by Gasteiger charge is -2.24. The number of nitrogens with two attached hydrogens (primary N) is 1. The Kier molecular flexibility index (Phi) is 3.95. The fourth-order valence-corrected chi connectivity index (χ4v) is 1.42. The van der Waals surface area contributed by atoms with E-state index in [2.05, 4.69) is 0 Å². The summed E-state index contributed by atoms with van der Waals surface area (Å²) in [5.41, 5.74) is 1.74. The largest absolute Gasteiger partial charge is 0.419 e. The lowest BCUT2D eigenvalue weighted by Crippen LogP contribution is -2.45. The second-order valence-corrected chi connectivity index (χ2v) is 4.30. The van der Waals surface area contributed by atoms with Crippen molar-refractivity contribution in [1.82, 2.24) is 0 Å². The van der Waals surface area contributed by atoms with E-state index in [1.807, 2.05) is 0 Å². The summed E-state index contributed by atoms with van der Waals surface area (Å²) in [4.78, 5) is 0. The van der Waals surface area contributed by atoms with Crippen LogP contribution in [-0.2, 0) is 12.6 Å². The van der Waals surface area contributed by atoms with Gasteiger partial charge in [0.2, 0.25) is 0 Å². The molecule has 1 aromatic carbocycles. The molecule has 0 bridgehead atoms. The van der Waals surface area contributed by atoms with Crippen LogP contribution in [0.5, 0.6) is 0 Å². The van der Waals surface area contributed by atoms with Crippen LogP contribution < -0.4 is 5.73 Å². The van der Waals surface area contributed by atoms with E-state index in [-0.39, 0.29) is 5.56 Å². The summed E-state index contributed by atoms with van der Waals surface area (Å²) >= 11 is 0. The molecule has 0 aromatic heterocycles. The maximum atomic E-state index is 13.0. The molecule has 102 valence electrons. The molecule has 1 rings (SSSR count). The van der Waals surface area contributed by atoms with E-state index in [9.17, 15) is 26.3 Å². The minimum Gasteiger partial charge on any atom is -0.320 e. The van der Waals surface area contributed by atoms with Gasteiger partial charge in [-0.05, 0) is 31.0 Å². The lowest BCUT2D eigenvalue weighted by molar-refractivity contribution is -0.140. The van der Waals surface area contributed by atoms with Crippen molar-refractivity contribution in [2.75, 3.05) is 0 Å². The van der Waals surface area contributed by atoms with Crippen LogP contribution in [0.3, 0.4) is 0 Å². The molecular formula is C11H11F6N. The molecule has 0 saturated carbocycles. The molecule has 0 aliphatic rings. The van der Waals surface area contributed by atoms with E-state index in [0.717, 1.165) is 13.0 Å². The third-order valence-corrected chi connectivity index (χ3v) is 2.42. The van der Waals surface area contributed by atoms with Gasteiger partial charge in [0.25, 0.3) is 6.43 Å². The van der Waals surface area contributed by atoms with Gasteiger partial charge >= 0.3 is 6.18 Å².